The number of nitrogens with two attached hydrogens (primary N) is 1. The Morgan fingerprint density at radius 1 is 1.45 bits per heavy atom. The minimum Gasteiger partial charge on any atom is -0.329 e. The predicted molar refractivity (Wildman–Crippen MR) is 82.1 cm³/mol. The van der Waals surface area contributed by atoms with Gasteiger partial charge in [-0.3, -0.25) is 9.69 Å². The summed E-state index contributed by atoms with van der Waals surface area (Å²) in [5.41, 5.74) is 7.09. The standard InChI is InChI=1S/C16H29N3O/c1-3-19(14-7-5-4-6-8-14)16(20)12-18(2)15(11-17)13-9-10-13/h7,13,15H,3-6,8-12,17H2,1-2H3. The summed E-state index contributed by atoms with van der Waals surface area (Å²) in [6, 6.07) is 0.373. The number of carbonyl (C=O) groups excluding carboxylic acids is 1. The first-order chi connectivity index (χ1) is 9.67. The highest BCUT2D eigenvalue weighted by molar-refractivity contribution is 5.80. The molecule has 2 N–H and O–H groups in total. The third-order valence-electron chi connectivity index (χ3n) is 4.59. The Labute approximate surface area is 123 Å². The van der Waals surface area contributed by atoms with Crippen LogP contribution in [-0.4, -0.2) is 48.4 Å². The van der Waals surface area contributed by atoms with Crippen molar-refractivity contribution in [3.05, 3.63) is 11.8 Å². The molecule has 4 nitrogen and oxygen atoms in total. The molecule has 114 valence electrons. The summed E-state index contributed by atoms with van der Waals surface area (Å²) in [5, 5.41) is 0. The molecule has 0 saturated heterocycles. The third kappa shape index (κ3) is 3.83. The average molecular weight is 279 g/mol. The van der Waals surface area contributed by atoms with E-state index in [1.165, 1.54) is 31.4 Å². The highest BCUT2D eigenvalue weighted by Gasteiger charge is 2.34. The van der Waals surface area contributed by atoms with Crippen LogP contribution in [0.1, 0.15) is 45.4 Å². The molecule has 1 atom stereocenters. The maximum Gasteiger partial charge on any atom is 0.240 e. The first kappa shape index (κ1) is 15.5. The molecule has 20 heavy (non-hydrogen) atoms. The molecule has 1 unspecified atom stereocenters. The Morgan fingerprint density at radius 2 is 2.20 bits per heavy atom. The summed E-state index contributed by atoms with van der Waals surface area (Å²) >= 11 is 0. The Balaban J connectivity index is 1.92. The van der Waals surface area contributed by atoms with Crippen LogP contribution in [0.4, 0.5) is 0 Å². The van der Waals surface area contributed by atoms with Crippen molar-refractivity contribution < 1.29 is 4.79 Å². The van der Waals surface area contributed by atoms with E-state index in [2.05, 4.69) is 17.9 Å². The Hall–Kier alpha value is -0.870. The second-order valence-corrected chi connectivity index (χ2v) is 6.13. The van der Waals surface area contributed by atoms with E-state index in [9.17, 15) is 4.79 Å². The topological polar surface area (TPSA) is 49.6 Å². The van der Waals surface area contributed by atoms with Crippen molar-refractivity contribution >= 4 is 5.91 Å². The lowest BCUT2D eigenvalue weighted by atomic mass is 10.0. The summed E-state index contributed by atoms with van der Waals surface area (Å²) in [6.45, 7) is 3.98. The number of rotatable bonds is 7. The van der Waals surface area contributed by atoms with E-state index in [1.807, 2.05) is 11.9 Å². The van der Waals surface area contributed by atoms with Crippen LogP contribution in [0.3, 0.4) is 0 Å². The lowest BCUT2D eigenvalue weighted by molar-refractivity contribution is -0.130. The van der Waals surface area contributed by atoms with Gasteiger partial charge in [0.25, 0.3) is 0 Å². The van der Waals surface area contributed by atoms with E-state index in [1.54, 1.807) is 0 Å². The van der Waals surface area contributed by atoms with Gasteiger partial charge in [-0.1, -0.05) is 6.08 Å². The number of carbonyl (C=O) groups is 1. The lowest BCUT2D eigenvalue weighted by Crippen LogP contribution is -2.46. The highest BCUT2D eigenvalue weighted by Crippen LogP contribution is 2.34. The van der Waals surface area contributed by atoms with E-state index in [0.29, 0.717) is 25.0 Å². The summed E-state index contributed by atoms with van der Waals surface area (Å²) in [5.74, 6) is 0.934. The van der Waals surface area contributed by atoms with Crippen molar-refractivity contribution in [3.8, 4) is 0 Å². The van der Waals surface area contributed by atoms with Crippen LogP contribution in [0.25, 0.3) is 0 Å². The van der Waals surface area contributed by atoms with Crippen molar-refractivity contribution in [2.45, 2.75) is 51.5 Å². The second-order valence-electron chi connectivity index (χ2n) is 6.13. The van der Waals surface area contributed by atoms with Crippen molar-refractivity contribution in [2.75, 3.05) is 26.7 Å². The first-order valence-corrected chi connectivity index (χ1v) is 8.07. The van der Waals surface area contributed by atoms with Gasteiger partial charge in [-0.25, -0.2) is 0 Å². The summed E-state index contributed by atoms with van der Waals surface area (Å²) in [7, 11) is 2.04. The fourth-order valence-corrected chi connectivity index (χ4v) is 3.24. The molecule has 1 fully saturated rings. The molecular weight excluding hydrogens is 250 g/mol. The zero-order chi connectivity index (χ0) is 14.5. The van der Waals surface area contributed by atoms with Crippen LogP contribution >= 0.6 is 0 Å². The number of amides is 1. The SMILES string of the molecule is CCN(C(=O)CN(C)C(CN)C1CC1)C1=CCCCC1. The normalized spacial score (nSPS) is 20.7. The molecule has 0 bridgehead atoms. The zero-order valence-corrected chi connectivity index (χ0v) is 13.0. The fraction of sp³-hybridized carbons (Fsp3) is 0.812. The summed E-state index contributed by atoms with van der Waals surface area (Å²) in [6.07, 6.45) is 9.40. The van der Waals surface area contributed by atoms with Crippen LogP contribution in [0.2, 0.25) is 0 Å². The first-order valence-electron chi connectivity index (χ1n) is 8.07. The molecule has 2 aliphatic carbocycles. The van der Waals surface area contributed by atoms with Gasteiger partial charge in [-0.15, -0.1) is 0 Å². The number of hydrogen-bond donors (Lipinski definition) is 1. The molecule has 0 aliphatic heterocycles. The van der Waals surface area contributed by atoms with Gasteiger partial charge < -0.3 is 10.6 Å². The quantitative estimate of drug-likeness (QED) is 0.775. The maximum absolute atomic E-state index is 12.5. The predicted octanol–water partition coefficient (Wildman–Crippen LogP) is 1.96. The van der Waals surface area contributed by atoms with E-state index in [4.69, 9.17) is 5.73 Å². The van der Waals surface area contributed by atoms with Crippen LogP contribution < -0.4 is 5.73 Å². The van der Waals surface area contributed by atoms with Crippen LogP contribution in [0.15, 0.2) is 11.8 Å². The molecule has 2 rings (SSSR count). The van der Waals surface area contributed by atoms with Crippen molar-refractivity contribution in [1.29, 1.82) is 0 Å². The Morgan fingerprint density at radius 3 is 2.70 bits per heavy atom. The largest absolute Gasteiger partial charge is 0.329 e. The average Bonchev–Trinajstić information content (AvgIpc) is 3.26. The molecule has 0 aromatic rings. The number of nitrogens with zero attached hydrogens (tertiary/aromatic N) is 2. The zero-order valence-electron chi connectivity index (χ0n) is 13.0. The maximum atomic E-state index is 12.5. The molecule has 2 aliphatic rings. The van der Waals surface area contributed by atoms with Gasteiger partial charge in [0.1, 0.15) is 0 Å². The minimum atomic E-state index is 0.224. The Bertz CT molecular complexity index is 363. The van der Waals surface area contributed by atoms with Gasteiger partial charge in [0, 0.05) is 24.8 Å². The summed E-state index contributed by atoms with van der Waals surface area (Å²) in [4.78, 5) is 16.7. The van der Waals surface area contributed by atoms with Gasteiger partial charge in [0.2, 0.25) is 5.91 Å². The monoisotopic (exact) mass is 279 g/mol. The van der Waals surface area contributed by atoms with Crippen molar-refractivity contribution in [2.24, 2.45) is 11.7 Å². The van der Waals surface area contributed by atoms with Crippen LogP contribution in [0, 0.1) is 5.92 Å². The smallest absolute Gasteiger partial charge is 0.240 e. The molecule has 1 saturated carbocycles. The highest BCUT2D eigenvalue weighted by atomic mass is 16.2. The molecule has 0 radical (unpaired) electrons. The van der Waals surface area contributed by atoms with Crippen LogP contribution in [-0.2, 0) is 4.79 Å². The van der Waals surface area contributed by atoms with E-state index >= 15 is 0 Å². The van der Waals surface area contributed by atoms with Crippen LogP contribution in [0.5, 0.6) is 0 Å². The molecular formula is C16H29N3O. The molecule has 4 heteroatoms. The van der Waals surface area contributed by atoms with E-state index in [-0.39, 0.29) is 5.91 Å². The van der Waals surface area contributed by atoms with Gasteiger partial charge >= 0.3 is 0 Å². The van der Waals surface area contributed by atoms with Gasteiger partial charge in [-0.05, 0) is 58.4 Å². The lowest BCUT2D eigenvalue weighted by Gasteiger charge is -2.31. The van der Waals surface area contributed by atoms with Gasteiger partial charge in [0.05, 0.1) is 6.54 Å². The number of allylic oxidation sites excluding steroid dienone is 2. The van der Waals surface area contributed by atoms with Gasteiger partial charge in [-0.2, -0.15) is 0 Å². The molecule has 0 spiro atoms. The third-order valence-corrected chi connectivity index (χ3v) is 4.59. The fourth-order valence-electron chi connectivity index (χ4n) is 3.24. The van der Waals surface area contributed by atoms with E-state index < -0.39 is 0 Å². The molecule has 1 amide bonds. The van der Waals surface area contributed by atoms with Gasteiger partial charge in [0.15, 0.2) is 0 Å². The minimum absolute atomic E-state index is 0.224. The van der Waals surface area contributed by atoms with Crippen molar-refractivity contribution in [1.82, 2.24) is 9.80 Å². The molecule has 0 aromatic carbocycles. The number of likely N-dealkylation sites (N-methyl/N-ethyl adjacent to an activating group) is 2. The van der Waals surface area contributed by atoms with Crippen molar-refractivity contribution in [3.63, 3.8) is 0 Å². The summed E-state index contributed by atoms with van der Waals surface area (Å²) < 4.78 is 0. The molecule has 0 aromatic heterocycles. The Kier molecular flexibility index (Phi) is 5.61. The number of hydrogen-bond acceptors (Lipinski definition) is 3. The second kappa shape index (κ2) is 7.23. The van der Waals surface area contributed by atoms with E-state index in [0.717, 1.165) is 19.4 Å². The molecule has 0 heterocycles.